The van der Waals surface area contributed by atoms with Gasteiger partial charge in [-0.3, -0.25) is 0 Å². The number of ether oxygens (including phenoxy) is 6. The van der Waals surface area contributed by atoms with Crippen molar-refractivity contribution in [3.8, 4) is 0 Å². The first-order chi connectivity index (χ1) is 21.2. The number of aliphatic hydroxyl groups excluding tert-OH is 1. The number of hydrogen-bond acceptors (Lipinski definition) is 7. The smallest absolute Gasteiger partial charge is 0.186 e. The van der Waals surface area contributed by atoms with E-state index >= 15 is 0 Å². The first kappa shape index (κ1) is 31.0. The summed E-state index contributed by atoms with van der Waals surface area (Å²) >= 11 is 0. The maximum atomic E-state index is 11.4. The Morgan fingerprint density at radius 2 is 0.953 bits per heavy atom. The van der Waals surface area contributed by atoms with Crippen molar-refractivity contribution in [2.75, 3.05) is 13.7 Å². The van der Waals surface area contributed by atoms with Crippen molar-refractivity contribution < 1.29 is 33.5 Å². The molecule has 1 aliphatic rings. The fourth-order valence-electron chi connectivity index (χ4n) is 5.16. The molecule has 6 atom stereocenters. The molecule has 1 N–H and O–H groups in total. The van der Waals surface area contributed by atoms with Crippen LogP contribution in [0.4, 0.5) is 0 Å². The molecule has 7 nitrogen and oxygen atoms in total. The highest BCUT2D eigenvalue weighted by Crippen LogP contribution is 2.32. The molecule has 0 bridgehead atoms. The molecule has 1 fully saturated rings. The molecule has 0 saturated carbocycles. The molecular weight excluding hydrogens is 544 g/mol. The van der Waals surface area contributed by atoms with Crippen LogP contribution in [0.1, 0.15) is 22.3 Å². The minimum Gasteiger partial charge on any atom is -0.388 e. The Labute approximate surface area is 253 Å². The molecule has 0 aromatic heterocycles. The van der Waals surface area contributed by atoms with Crippen molar-refractivity contribution in [2.24, 2.45) is 0 Å². The summed E-state index contributed by atoms with van der Waals surface area (Å²) in [5, 5.41) is 11.4. The maximum absolute atomic E-state index is 11.4. The van der Waals surface area contributed by atoms with E-state index in [0.717, 1.165) is 22.3 Å². The minimum atomic E-state index is -1.01. The van der Waals surface area contributed by atoms with Gasteiger partial charge in [0.2, 0.25) is 0 Å². The van der Waals surface area contributed by atoms with Crippen LogP contribution < -0.4 is 0 Å². The second-order valence-corrected chi connectivity index (χ2v) is 10.6. The third kappa shape index (κ3) is 9.05. The van der Waals surface area contributed by atoms with E-state index in [1.807, 2.05) is 121 Å². The highest BCUT2D eigenvalue weighted by atomic mass is 16.7. The molecule has 43 heavy (non-hydrogen) atoms. The SMILES string of the molecule is CO[C@@H]1O[C@@H]([C@@H](O)COCc2ccccc2)[C@@H](OCc2ccccc2)[C@@H](OCc2ccccc2)[C@H]1OCc1ccccc1. The topological polar surface area (TPSA) is 75.6 Å². The van der Waals surface area contributed by atoms with Gasteiger partial charge in [0, 0.05) is 7.11 Å². The second-order valence-electron chi connectivity index (χ2n) is 10.6. The molecular formula is C36H40O7. The molecule has 0 radical (unpaired) electrons. The predicted molar refractivity (Wildman–Crippen MR) is 163 cm³/mol. The Hall–Kier alpha value is -3.40. The van der Waals surface area contributed by atoms with Crippen molar-refractivity contribution in [1.82, 2.24) is 0 Å². The van der Waals surface area contributed by atoms with Crippen molar-refractivity contribution in [2.45, 2.75) is 63.2 Å². The third-order valence-corrected chi connectivity index (χ3v) is 7.40. The van der Waals surface area contributed by atoms with E-state index in [2.05, 4.69) is 0 Å². The Bertz CT molecular complexity index is 1310. The van der Waals surface area contributed by atoms with E-state index in [9.17, 15) is 5.11 Å². The molecule has 1 saturated heterocycles. The molecule has 7 heteroatoms. The minimum absolute atomic E-state index is 0.0438. The van der Waals surface area contributed by atoms with Gasteiger partial charge in [-0.1, -0.05) is 121 Å². The summed E-state index contributed by atoms with van der Waals surface area (Å²) < 4.78 is 37.7. The monoisotopic (exact) mass is 584 g/mol. The zero-order chi connectivity index (χ0) is 29.7. The quantitative estimate of drug-likeness (QED) is 0.192. The summed E-state index contributed by atoms with van der Waals surface area (Å²) in [6.45, 7) is 1.37. The van der Waals surface area contributed by atoms with Crippen LogP contribution in [-0.2, 0) is 54.8 Å². The van der Waals surface area contributed by atoms with Gasteiger partial charge in [0.05, 0.1) is 33.0 Å². The van der Waals surface area contributed by atoms with Crippen LogP contribution in [-0.4, -0.2) is 55.6 Å². The largest absolute Gasteiger partial charge is 0.388 e. The highest BCUT2D eigenvalue weighted by Gasteiger charge is 2.51. The van der Waals surface area contributed by atoms with Gasteiger partial charge >= 0.3 is 0 Å². The number of rotatable bonds is 15. The van der Waals surface area contributed by atoms with E-state index in [4.69, 9.17) is 28.4 Å². The second kappa shape index (κ2) is 16.4. The van der Waals surface area contributed by atoms with Gasteiger partial charge < -0.3 is 33.5 Å². The van der Waals surface area contributed by atoms with Crippen molar-refractivity contribution >= 4 is 0 Å². The van der Waals surface area contributed by atoms with Crippen LogP contribution in [0.25, 0.3) is 0 Å². The molecule has 4 aromatic carbocycles. The molecule has 0 aliphatic carbocycles. The average Bonchev–Trinajstić information content (AvgIpc) is 3.07. The summed E-state index contributed by atoms with van der Waals surface area (Å²) in [7, 11) is 1.57. The molecule has 1 aliphatic heterocycles. The van der Waals surface area contributed by atoms with Gasteiger partial charge in [0.15, 0.2) is 6.29 Å². The van der Waals surface area contributed by atoms with E-state index in [1.165, 1.54) is 0 Å². The Balaban J connectivity index is 1.39. The molecule has 5 rings (SSSR count). The van der Waals surface area contributed by atoms with Crippen molar-refractivity contribution in [3.05, 3.63) is 144 Å². The summed E-state index contributed by atoms with van der Waals surface area (Å²) in [6.07, 6.45) is -4.58. The standard InChI is InChI=1S/C36H40O7/c1-38-36-35(42-25-30-20-12-5-13-21-30)34(41-24-29-18-10-4-11-19-29)33(40-23-28-16-8-3-9-17-28)32(43-36)31(37)26-39-22-27-14-6-2-7-15-27/h2-21,31-37H,22-26H2,1H3/t31-,32-,33+,34+,35+,36+/m0/s1. The van der Waals surface area contributed by atoms with E-state index in [1.54, 1.807) is 7.11 Å². The van der Waals surface area contributed by atoms with Gasteiger partial charge in [0.25, 0.3) is 0 Å². The third-order valence-electron chi connectivity index (χ3n) is 7.40. The van der Waals surface area contributed by atoms with E-state index in [0.29, 0.717) is 26.4 Å². The number of hydrogen-bond donors (Lipinski definition) is 1. The lowest BCUT2D eigenvalue weighted by atomic mass is 9.94. The van der Waals surface area contributed by atoms with Gasteiger partial charge in [-0.25, -0.2) is 0 Å². The van der Waals surface area contributed by atoms with Crippen LogP contribution >= 0.6 is 0 Å². The molecule has 226 valence electrons. The molecule has 0 spiro atoms. The fourth-order valence-corrected chi connectivity index (χ4v) is 5.16. The first-order valence-electron chi connectivity index (χ1n) is 14.7. The average molecular weight is 585 g/mol. The molecule has 4 aromatic rings. The lowest BCUT2D eigenvalue weighted by molar-refractivity contribution is -0.331. The normalized spacial score (nSPS) is 22.7. The van der Waals surface area contributed by atoms with Gasteiger partial charge in [0.1, 0.15) is 30.5 Å². The number of methoxy groups -OCH3 is 1. The lowest BCUT2D eigenvalue weighted by Crippen LogP contribution is -2.63. The Morgan fingerprint density at radius 1 is 0.558 bits per heavy atom. The van der Waals surface area contributed by atoms with Crippen molar-refractivity contribution in [1.29, 1.82) is 0 Å². The Morgan fingerprint density at radius 3 is 1.40 bits per heavy atom. The van der Waals surface area contributed by atoms with Gasteiger partial charge in [-0.15, -0.1) is 0 Å². The molecule has 0 unspecified atom stereocenters. The predicted octanol–water partition coefficient (Wildman–Crippen LogP) is 5.69. The summed E-state index contributed by atoms with van der Waals surface area (Å²) in [5.41, 5.74) is 4.03. The van der Waals surface area contributed by atoms with Crippen molar-refractivity contribution in [3.63, 3.8) is 0 Å². The lowest BCUT2D eigenvalue weighted by Gasteiger charge is -2.46. The summed E-state index contributed by atoms with van der Waals surface area (Å²) in [5.74, 6) is 0. The van der Waals surface area contributed by atoms with E-state index in [-0.39, 0.29) is 6.61 Å². The fraction of sp³-hybridized carbons (Fsp3) is 0.333. The van der Waals surface area contributed by atoms with E-state index < -0.39 is 36.8 Å². The van der Waals surface area contributed by atoms with Gasteiger partial charge in [-0.05, 0) is 22.3 Å². The summed E-state index contributed by atoms with van der Waals surface area (Å²) in [6, 6.07) is 39.6. The first-order valence-corrected chi connectivity index (χ1v) is 14.7. The van der Waals surface area contributed by atoms with Crippen LogP contribution in [0.15, 0.2) is 121 Å². The molecule has 0 amide bonds. The number of benzene rings is 4. The molecule has 1 heterocycles. The highest BCUT2D eigenvalue weighted by molar-refractivity contribution is 5.16. The number of aliphatic hydroxyl groups is 1. The van der Waals surface area contributed by atoms with Crippen LogP contribution in [0, 0.1) is 0 Å². The van der Waals surface area contributed by atoms with Gasteiger partial charge in [-0.2, -0.15) is 0 Å². The summed E-state index contributed by atoms with van der Waals surface area (Å²) in [4.78, 5) is 0. The zero-order valence-corrected chi connectivity index (χ0v) is 24.4. The maximum Gasteiger partial charge on any atom is 0.186 e. The van der Waals surface area contributed by atoms with Crippen LogP contribution in [0.5, 0.6) is 0 Å². The van der Waals surface area contributed by atoms with Crippen LogP contribution in [0.2, 0.25) is 0 Å². The zero-order valence-electron chi connectivity index (χ0n) is 24.4. The Kier molecular flexibility index (Phi) is 11.9. The van der Waals surface area contributed by atoms with Crippen LogP contribution in [0.3, 0.4) is 0 Å².